The van der Waals surface area contributed by atoms with Crippen LogP contribution in [0.1, 0.15) is 6.42 Å². The molecule has 0 radical (unpaired) electrons. The first-order chi connectivity index (χ1) is 5.49. The number of carbonyl (C=O) groups is 1. The van der Waals surface area contributed by atoms with E-state index < -0.39 is 22.0 Å². The number of hydrogen-bond acceptors (Lipinski definition) is 3. The van der Waals surface area contributed by atoms with Crippen LogP contribution in [0.2, 0.25) is 0 Å². The highest BCUT2D eigenvalue weighted by Gasteiger charge is 2.41. The van der Waals surface area contributed by atoms with Crippen molar-refractivity contribution in [2.75, 3.05) is 11.2 Å². The third-order valence-corrected chi connectivity index (χ3v) is 4.91. The molecule has 1 aliphatic rings. The second kappa shape index (κ2) is 3.31. The number of nitrogens with zero attached hydrogens (tertiary/aromatic N) is 1. The number of rotatable bonds is 3. The second-order valence-electron chi connectivity index (χ2n) is 2.47. The van der Waals surface area contributed by atoms with Gasteiger partial charge in [-0.3, -0.25) is 4.79 Å². The lowest BCUT2D eigenvalue weighted by molar-refractivity contribution is -0.144. The zero-order valence-electron chi connectivity index (χ0n) is 6.10. The number of aliphatic carboxylic acids is 1. The molecule has 0 bridgehead atoms. The molecule has 70 valence electrons. The van der Waals surface area contributed by atoms with Gasteiger partial charge in [0.05, 0.1) is 0 Å². The number of sulfonamides is 1. The van der Waals surface area contributed by atoms with Crippen LogP contribution >= 0.6 is 15.9 Å². The minimum absolute atomic E-state index is 0.218. The zero-order chi connectivity index (χ0) is 9.35. The Morgan fingerprint density at radius 1 is 1.67 bits per heavy atom. The van der Waals surface area contributed by atoms with Gasteiger partial charge in [-0.05, 0) is 6.42 Å². The van der Waals surface area contributed by atoms with E-state index in [2.05, 4.69) is 15.9 Å². The first kappa shape index (κ1) is 9.94. The van der Waals surface area contributed by atoms with E-state index in [-0.39, 0.29) is 4.66 Å². The quantitative estimate of drug-likeness (QED) is 0.713. The van der Waals surface area contributed by atoms with Gasteiger partial charge in [-0.1, -0.05) is 15.9 Å². The van der Waals surface area contributed by atoms with E-state index in [1.807, 2.05) is 0 Å². The highest BCUT2D eigenvalue weighted by Crippen LogP contribution is 2.22. The molecule has 1 aliphatic heterocycles. The van der Waals surface area contributed by atoms with Crippen LogP contribution in [-0.4, -0.2) is 41.0 Å². The fourth-order valence-electron chi connectivity index (χ4n) is 1.01. The van der Waals surface area contributed by atoms with E-state index in [4.69, 9.17) is 5.11 Å². The lowest BCUT2D eigenvalue weighted by Gasteiger charge is -2.35. The molecule has 0 saturated carbocycles. The van der Waals surface area contributed by atoms with Gasteiger partial charge in [0.15, 0.2) is 0 Å². The number of hydrogen-bond donors (Lipinski definition) is 1. The first-order valence-corrected chi connectivity index (χ1v) is 6.00. The molecule has 0 amide bonds. The third-order valence-electron chi connectivity index (χ3n) is 1.75. The maximum atomic E-state index is 11.1. The summed E-state index contributed by atoms with van der Waals surface area (Å²) in [4.78, 5) is 10.4. The Labute approximate surface area is 78.5 Å². The Morgan fingerprint density at radius 3 is 2.50 bits per heavy atom. The number of alkyl halides is 1. The van der Waals surface area contributed by atoms with E-state index >= 15 is 0 Å². The summed E-state index contributed by atoms with van der Waals surface area (Å²) in [6.07, 6.45) is 0.404. The summed E-state index contributed by atoms with van der Waals surface area (Å²) in [6.45, 7) is 0.310. The van der Waals surface area contributed by atoms with Crippen molar-refractivity contribution in [3.63, 3.8) is 0 Å². The summed E-state index contributed by atoms with van der Waals surface area (Å²) in [6, 6.07) is -0.854. The molecule has 7 heteroatoms. The minimum atomic E-state index is -3.39. The average molecular weight is 258 g/mol. The molecule has 1 N–H and O–H groups in total. The molecule has 1 rings (SSSR count). The summed E-state index contributed by atoms with van der Waals surface area (Å²) in [7, 11) is -3.39. The molecule has 0 spiro atoms. The van der Waals surface area contributed by atoms with Crippen LogP contribution in [0.5, 0.6) is 0 Å². The molecule has 0 aromatic carbocycles. The van der Waals surface area contributed by atoms with Gasteiger partial charge in [0, 0.05) is 6.54 Å². The van der Waals surface area contributed by atoms with Crippen molar-refractivity contribution in [3.05, 3.63) is 0 Å². The third kappa shape index (κ3) is 1.62. The average Bonchev–Trinajstić information content (AvgIpc) is 1.82. The summed E-state index contributed by atoms with van der Waals surface area (Å²) < 4.78 is 23.0. The predicted molar refractivity (Wildman–Crippen MR) is 45.5 cm³/mol. The van der Waals surface area contributed by atoms with Crippen LogP contribution in [0, 0.1) is 0 Å². The van der Waals surface area contributed by atoms with Crippen molar-refractivity contribution in [3.8, 4) is 0 Å². The lowest BCUT2D eigenvalue weighted by atomic mass is 10.1. The molecule has 0 aliphatic carbocycles. The fourth-order valence-corrected chi connectivity index (χ4v) is 2.89. The Balaban J connectivity index is 2.73. The normalized spacial score (nSPS) is 24.9. The van der Waals surface area contributed by atoms with Crippen LogP contribution in [0.4, 0.5) is 0 Å². The molecule has 12 heavy (non-hydrogen) atoms. The number of carboxylic acid groups (broad SMARTS) is 1. The Morgan fingerprint density at radius 2 is 2.25 bits per heavy atom. The first-order valence-electron chi connectivity index (χ1n) is 3.27. The predicted octanol–water partition coefficient (Wildman–Crippen LogP) is -0.172. The van der Waals surface area contributed by atoms with Gasteiger partial charge in [-0.2, -0.15) is 4.31 Å². The SMILES string of the molecule is O=C(O)[C@@H]1CCN1S(=O)(=O)CBr. The molecular formula is C5H8BrNO4S. The van der Waals surface area contributed by atoms with Gasteiger partial charge < -0.3 is 5.11 Å². The highest BCUT2D eigenvalue weighted by molar-refractivity contribution is 9.10. The second-order valence-corrected chi connectivity index (χ2v) is 5.70. The molecule has 1 fully saturated rings. The van der Waals surface area contributed by atoms with Crippen LogP contribution in [0.3, 0.4) is 0 Å². The molecule has 0 aromatic heterocycles. The number of halogens is 1. The Hall–Kier alpha value is -0.140. The van der Waals surface area contributed by atoms with Gasteiger partial charge in [0.2, 0.25) is 10.0 Å². The summed E-state index contributed by atoms with van der Waals surface area (Å²) in [5.74, 6) is -1.08. The van der Waals surface area contributed by atoms with Crippen molar-refractivity contribution in [1.82, 2.24) is 4.31 Å². The molecule has 1 atom stereocenters. The van der Waals surface area contributed by atoms with Crippen LogP contribution < -0.4 is 0 Å². The molecule has 1 saturated heterocycles. The van der Waals surface area contributed by atoms with E-state index in [0.717, 1.165) is 4.31 Å². The fraction of sp³-hybridized carbons (Fsp3) is 0.800. The van der Waals surface area contributed by atoms with Crippen molar-refractivity contribution in [1.29, 1.82) is 0 Å². The molecule has 5 nitrogen and oxygen atoms in total. The topological polar surface area (TPSA) is 74.7 Å². The zero-order valence-corrected chi connectivity index (χ0v) is 8.51. The van der Waals surface area contributed by atoms with Crippen LogP contribution in [0.15, 0.2) is 0 Å². The Kier molecular flexibility index (Phi) is 2.74. The van der Waals surface area contributed by atoms with Crippen LogP contribution in [-0.2, 0) is 14.8 Å². The maximum absolute atomic E-state index is 11.1. The maximum Gasteiger partial charge on any atom is 0.322 e. The van der Waals surface area contributed by atoms with E-state index in [0.29, 0.717) is 13.0 Å². The largest absolute Gasteiger partial charge is 0.480 e. The van der Waals surface area contributed by atoms with Crippen molar-refractivity contribution in [2.24, 2.45) is 0 Å². The molecule has 0 unspecified atom stereocenters. The van der Waals surface area contributed by atoms with Gasteiger partial charge in [-0.25, -0.2) is 8.42 Å². The van der Waals surface area contributed by atoms with Gasteiger partial charge in [-0.15, -0.1) is 0 Å². The van der Waals surface area contributed by atoms with Gasteiger partial charge in [0.25, 0.3) is 0 Å². The minimum Gasteiger partial charge on any atom is -0.480 e. The van der Waals surface area contributed by atoms with Gasteiger partial charge in [0.1, 0.15) is 10.7 Å². The van der Waals surface area contributed by atoms with E-state index in [1.165, 1.54) is 0 Å². The summed E-state index contributed by atoms with van der Waals surface area (Å²) >= 11 is 2.80. The lowest BCUT2D eigenvalue weighted by Crippen LogP contribution is -2.55. The van der Waals surface area contributed by atoms with Crippen molar-refractivity contribution in [2.45, 2.75) is 12.5 Å². The molecular weight excluding hydrogens is 250 g/mol. The van der Waals surface area contributed by atoms with Gasteiger partial charge >= 0.3 is 5.97 Å². The Bertz CT molecular complexity index is 288. The highest BCUT2D eigenvalue weighted by atomic mass is 79.9. The molecule has 0 aromatic rings. The van der Waals surface area contributed by atoms with Crippen LogP contribution in [0.25, 0.3) is 0 Å². The van der Waals surface area contributed by atoms with Crippen molar-refractivity contribution < 1.29 is 18.3 Å². The molecule has 1 heterocycles. The number of carboxylic acids is 1. The monoisotopic (exact) mass is 257 g/mol. The standard InChI is InChI=1S/C5H8BrNO4S/c6-3-12(10,11)7-2-1-4(7)5(8)9/h4H,1-3H2,(H,8,9)/t4-/m0/s1. The van der Waals surface area contributed by atoms with E-state index in [9.17, 15) is 13.2 Å². The summed E-state index contributed by atoms with van der Waals surface area (Å²) in [5, 5.41) is 8.54. The van der Waals surface area contributed by atoms with Crippen molar-refractivity contribution >= 4 is 31.9 Å². The smallest absolute Gasteiger partial charge is 0.322 e. The summed E-state index contributed by atoms with van der Waals surface area (Å²) in [5.41, 5.74) is 0. The van der Waals surface area contributed by atoms with E-state index in [1.54, 1.807) is 0 Å².